The molecule has 0 aliphatic carbocycles. The second-order valence-electron chi connectivity index (χ2n) is 6.72. The summed E-state index contributed by atoms with van der Waals surface area (Å²) in [5, 5.41) is 9.37. The number of nitrogens with one attached hydrogen (secondary N) is 2. The van der Waals surface area contributed by atoms with Crippen LogP contribution in [0.5, 0.6) is 0 Å². The molecule has 1 aromatic carbocycles. The van der Waals surface area contributed by atoms with Crippen molar-refractivity contribution in [3.05, 3.63) is 60.6 Å². The van der Waals surface area contributed by atoms with Crippen LogP contribution in [0.1, 0.15) is 26.5 Å². The van der Waals surface area contributed by atoms with Crippen molar-refractivity contribution in [3.63, 3.8) is 0 Å². The van der Waals surface area contributed by atoms with Crippen LogP contribution in [0.4, 0.5) is 16.3 Å². The Bertz CT molecular complexity index is 888. The predicted molar refractivity (Wildman–Crippen MR) is 103 cm³/mol. The van der Waals surface area contributed by atoms with E-state index in [4.69, 9.17) is 4.52 Å². The Morgan fingerprint density at radius 1 is 1.04 bits per heavy atom. The highest BCUT2D eigenvalue weighted by atomic mass is 32.2. The maximum Gasteiger partial charge on any atom is 0.324 e. The Labute approximate surface area is 156 Å². The first-order chi connectivity index (χ1) is 12.4. The third-order valence-corrected chi connectivity index (χ3v) is 4.47. The van der Waals surface area contributed by atoms with Gasteiger partial charge in [-0.1, -0.05) is 43.8 Å². The minimum Gasteiger partial charge on any atom is -0.359 e. The third-order valence-electron chi connectivity index (χ3n) is 3.47. The molecule has 0 radical (unpaired) electrons. The number of hydrogen-bond acceptors (Lipinski definition) is 5. The van der Waals surface area contributed by atoms with Crippen molar-refractivity contribution in [1.29, 1.82) is 0 Å². The molecule has 0 saturated carbocycles. The molecule has 2 heterocycles. The molecule has 0 saturated heterocycles. The van der Waals surface area contributed by atoms with Crippen LogP contribution in [-0.2, 0) is 5.41 Å². The van der Waals surface area contributed by atoms with Crippen molar-refractivity contribution in [3.8, 4) is 0 Å². The molecule has 7 heteroatoms. The summed E-state index contributed by atoms with van der Waals surface area (Å²) in [7, 11) is 0. The van der Waals surface area contributed by atoms with Crippen LogP contribution in [0.25, 0.3) is 0 Å². The Morgan fingerprint density at radius 2 is 1.81 bits per heavy atom. The van der Waals surface area contributed by atoms with Gasteiger partial charge in [0.05, 0.1) is 0 Å². The van der Waals surface area contributed by atoms with Crippen LogP contribution in [0.15, 0.2) is 69.2 Å². The van der Waals surface area contributed by atoms with Gasteiger partial charge in [-0.3, -0.25) is 10.3 Å². The molecule has 2 N–H and O–H groups in total. The molecular weight excluding hydrogens is 348 g/mol. The molecule has 0 aliphatic rings. The third kappa shape index (κ3) is 4.86. The number of urea groups is 1. The van der Waals surface area contributed by atoms with E-state index in [0.717, 1.165) is 9.79 Å². The summed E-state index contributed by atoms with van der Waals surface area (Å²) in [6.45, 7) is 6.05. The molecular formula is C19H20N4O2S. The van der Waals surface area contributed by atoms with E-state index in [2.05, 4.69) is 20.8 Å². The van der Waals surface area contributed by atoms with E-state index in [1.807, 2.05) is 57.2 Å². The van der Waals surface area contributed by atoms with E-state index in [0.29, 0.717) is 17.3 Å². The van der Waals surface area contributed by atoms with Crippen molar-refractivity contribution < 1.29 is 9.32 Å². The maximum absolute atomic E-state index is 12.2. The first-order valence-corrected chi connectivity index (χ1v) is 8.95. The number of carbonyl (C=O) groups is 1. The highest BCUT2D eigenvalue weighted by Gasteiger charge is 2.20. The lowest BCUT2D eigenvalue weighted by molar-refractivity contribution is 0.262. The van der Waals surface area contributed by atoms with Gasteiger partial charge in [0.1, 0.15) is 5.76 Å². The summed E-state index contributed by atoms with van der Waals surface area (Å²) >= 11 is 1.60. The molecule has 26 heavy (non-hydrogen) atoms. The van der Waals surface area contributed by atoms with Crippen LogP contribution < -0.4 is 10.6 Å². The largest absolute Gasteiger partial charge is 0.359 e. The monoisotopic (exact) mass is 368 g/mol. The van der Waals surface area contributed by atoms with Crippen LogP contribution in [-0.4, -0.2) is 16.2 Å². The summed E-state index contributed by atoms with van der Waals surface area (Å²) in [4.78, 5) is 18.3. The van der Waals surface area contributed by atoms with Crippen molar-refractivity contribution in [2.45, 2.75) is 36.0 Å². The molecule has 0 atom stereocenters. The number of amides is 2. The Hall–Kier alpha value is -2.80. The summed E-state index contributed by atoms with van der Waals surface area (Å²) in [5.41, 5.74) is 0.531. The first-order valence-electron chi connectivity index (χ1n) is 8.13. The van der Waals surface area contributed by atoms with E-state index >= 15 is 0 Å². The number of carbonyl (C=O) groups excluding carboxylic acids is 1. The highest BCUT2D eigenvalue weighted by molar-refractivity contribution is 7.99. The second kappa shape index (κ2) is 7.61. The molecule has 0 aliphatic heterocycles. The molecule has 134 valence electrons. The summed E-state index contributed by atoms with van der Waals surface area (Å²) < 4.78 is 5.26. The molecule has 3 rings (SSSR count). The topological polar surface area (TPSA) is 80.0 Å². The summed E-state index contributed by atoms with van der Waals surface area (Å²) in [6, 6.07) is 12.9. The second-order valence-corrected chi connectivity index (χ2v) is 7.87. The van der Waals surface area contributed by atoms with Crippen molar-refractivity contribution in [2.24, 2.45) is 0 Å². The summed E-state index contributed by atoms with van der Waals surface area (Å²) in [5.74, 6) is 1.10. The minimum atomic E-state index is -0.371. The Kier molecular flexibility index (Phi) is 5.27. The molecule has 0 unspecified atom stereocenters. The number of nitrogens with zero attached hydrogens (tertiary/aromatic N) is 2. The van der Waals surface area contributed by atoms with E-state index in [9.17, 15) is 4.79 Å². The van der Waals surface area contributed by atoms with E-state index in [1.165, 1.54) is 0 Å². The highest BCUT2D eigenvalue weighted by Crippen LogP contribution is 2.29. The minimum absolute atomic E-state index is 0.165. The van der Waals surface area contributed by atoms with Gasteiger partial charge in [-0.05, 0) is 30.3 Å². The molecule has 2 amide bonds. The fourth-order valence-corrected chi connectivity index (χ4v) is 3.01. The van der Waals surface area contributed by atoms with Gasteiger partial charge in [-0.25, -0.2) is 4.79 Å². The SMILES string of the molecule is CC(C)(C)c1cc(NC(=O)Nc2cccc(Sc3ccncc3)c2)no1. The Balaban J connectivity index is 1.62. The van der Waals surface area contributed by atoms with Crippen molar-refractivity contribution in [2.75, 3.05) is 10.6 Å². The number of benzene rings is 1. The van der Waals surface area contributed by atoms with E-state index in [-0.39, 0.29) is 11.4 Å². The number of pyridine rings is 1. The van der Waals surface area contributed by atoms with Crippen LogP contribution >= 0.6 is 11.8 Å². The lowest BCUT2D eigenvalue weighted by Crippen LogP contribution is -2.19. The predicted octanol–water partition coefficient (Wildman–Crippen LogP) is 5.16. The fraction of sp³-hybridized carbons (Fsp3) is 0.211. The lowest BCUT2D eigenvalue weighted by Gasteiger charge is -2.12. The number of rotatable bonds is 4. The van der Waals surface area contributed by atoms with Crippen molar-refractivity contribution >= 4 is 29.3 Å². The Morgan fingerprint density at radius 3 is 2.50 bits per heavy atom. The van der Waals surface area contributed by atoms with Gasteiger partial charge in [-0.15, -0.1) is 0 Å². The standard InChI is InChI=1S/C19H20N4O2S/c1-19(2,3)16-12-17(23-25-16)22-18(24)21-13-5-4-6-15(11-13)26-14-7-9-20-10-8-14/h4-12H,1-3H3,(H2,21,22,23,24). The van der Waals surface area contributed by atoms with Crippen LogP contribution in [0.2, 0.25) is 0 Å². The number of aromatic nitrogens is 2. The van der Waals surface area contributed by atoms with Gasteiger partial charge in [-0.2, -0.15) is 0 Å². The lowest BCUT2D eigenvalue weighted by atomic mass is 9.93. The van der Waals surface area contributed by atoms with Crippen LogP contribution in [0.3, 0.4) is 0 Å². The molecule has 6 nitrogen and oxygen atoms in total. The molecule has 0 bridgehead atoms. The van der Waals surface area contributed by atoms with Gasteiger partial charge in [0.25, 0.3) is 0 Å². The van der Waals surface area contributed by atoms with Crippen LogP contribution in [0, 0.1) is 0 Å². The fourth-order valence-electron chi connectivity index (χ4n) is 2.15. The number of hydrogen-bond donors (Lipinski definition) is 2. The van der Waals surface area contributed by atoms with E-state index in [1.54, 1.807) is 30.2 Å². The molecule has 0 spiro atoms. The summed E-state index contributed by atoms with van der Waals surface area (Å²) in [6.07, 6.45) is 3.50. The molecule has 3 aromatic rings. The zero-order chi connectivity index (χ0) is 18.6. The van der Waals surface area contributed by atoms with Gasteiger partial charge in [0.2, 0.25) is 0 Å². The zero-order valence-corrected chi connectivity index (χ0v) is 15.6. The van der Waals surface area contributed by atoms with Crippen molar-refractivity contribution in [1.82, 2.24) is 10.1 Å². The maximum atomic E-state index is 12.2. The quantitative estimate of drug-likeness (QED) is 0.665. The van der Waals surface area contributed by atoms with Gasteiger partial charge in [0, 0.05) is 39.4 Å². The first kappa shape index (κ1) is 18.0. The van der Waals surface area contributed by atoms with Gasteiger partial charge >= 0.3 is 6.03 Å². The average Bonchev–Trinajstić information content (AvgIpc) is 3.05. The van der Waals surface area contributed by atoms with Gasteiger partial charge < -0.3 is 9.84 Å². The van der Waals surface area contributed by atoms with E-state index < -0.39 is 0 Å². The van der Waals surface area contributed by atoms with Gasteiger partial charge in [0.15, 0.2) is 5.82 Å². The normalized spacial score (nSPS) is 11.2. The molecule has 0 fully saturated rings. The average molecular weight is 368 g/mol. The number of anilines is 2. The molecule has 2 aromatic heterocycles. The smallest absolute Gasteiger partial charge is 0.324 e. The zero-order valence-electron chi connectivity index (χ0n) is 14.8.